The number of carbonyl (C=O) groups is 2. The predicted octanol–water partition coefficient (Wildman–Crippen LogP) is 2.57. The van der Waals surface area contributed by atoms with Crippen molar-refractivity contribution in [3.63, 3.8) is 0 Å². The first-order chi connectivity index (χ1) is 11.6. The van der Waals surface area contributed by atoms with Gasteiger partial charge in [-0.2, -0.15) is 0 Å². The van der Waals surface area contributed by atoms with E-state index in [9.17, 15) is 9.59 Å². The molecule has 0 spiro atoms. The van der Waals surface area contributed by atoms with Crippen molar-refractivity contribution in [2.75, 3.05) is 12.4 Å². The molecule has 6 nitrogen and oxygen atoms in total. The van der Waals surface area contributed by atoms with E-state index in [1.807, 2.05) is 30.3 Å². The van der Waals surface area contributed by atoms with E-state index < -0.39 is 5.92 Å². The Labute approximate surface area is 143 Å². The fourth-order valence-electron chi connectivity index (χ4n) is 3.19. The van der Waals surface area contributed by atoms with E-state index in [0.717, 1.165) is 23.4 Å². The van der Waals surface area contributed by atoms with Crippen molar-refractivity contribution in [3.8, 4) is 0 Å². The highest BCUT2D eigenvalue weighted by Gasteiger charge is 2.43. The standard InChI is InChI=1S/C17H18N4O2S/c1-21-13(22)9-12(14(21)10-5-3-2-4-6-10)15(23)18-17-20-19-16(24-17)11-7-8-11/h2-6,11-12,14H,7-9H2,1H3,(H,18,20,23). The van der Waals surface area contributed by atoms with E-state index in [1.54, 1.807) is 11.9 Å². The van der Waals surface area contributed by atoms with Gasteiger partial charge >= 0.3 is 0 Å². The van der Waals surface area contributed by atoms with Crippen molar-refractivity contribution in [2.45, 2.75) is 31.2 Å². The van der Waals surface area contributed by atoms with Crippen molar-refractivity contribution < 1.29 is 9.59 Å². The quantitative estimate of drug-likeness (QED) is 0.927. The molecular weight excluding hydrogens is 324 g/mol. The van der Waals surface area contributed by atoms with Gasteiger partial charge in [0.15, 0.2) is 0 Å². The highest BCUT2D eigenvalue weighted by molar-refractivity contribution is 7.15. The van der Waals surface area contributed by atoms with Crippen molar-refractivity contribution >= 4 is 28.3 Å². The van der Waals surface area contributed by atoms with Gasteiger partial charge in [0.1, 0.15) is 5.01 Å². The molecule has 1 saturated heterocycles. The summed E-state index contributed by atoms with van der Waals surface area (Å²) in [6.07, 6.45) is 2.53. The van der Waals surface area contributed by atoms with E-state index in [4.69, 9.17) is 0 Å². The van der Waals surface area contributed by atoms with Gasteiger partial charge in [-0.3, -0.25) is 9.59 Å². The van der Waals surface area contributed by atoms with Crippen molar-refractivity contribution in [1.82, 2.24) is 15.1 Å². The Morgan fingerprint density at radius 1 is 1.25 bits per heavy atom. The lowest BCUT2D eigenvalue weighted by Gasteiger charge is -2.24. The molecule has 0 bridgehead atoms. The van der Waals surface area contributed by atoms with Crippen LogP contribution in [0, 0.1) is 5.92 Å². The second-order valence-electron chi connectivity index (χ2n) is 6.38. The van der Waals surface area contributed by atoms with Crippen LogP contribution in [-0.2, 0) is 9.59 Å². The van der Waals surface area contributed by atoms with E-state index in [1.165, 1.54) is 11.3 Å². The summed E-state index contributed by atoms with van der Waals surface area (Å²) < 4.78 is 0. The zero-order chi connectivity index (χ0) is 16.7. The summed E-state index contributed by atoms with van der Waals surface area (Å²) in [4.78, 5) is 26.5. The summed E-state index contributed by atoms with van der Waals surface area (Å²) in [5.74, 6) is -0.0810. The molecule has 7 heteroatoms. The van der Waals surface area contributed by atoms with Gasteiger partial charge in [0, 0.05) is 19.4 Å². The minimum absolute atomic E-state index is 0.0139. The third-order valence-electron chi connectivity index (χ3n) is 4.66. The van der Waals surface area contributed by atoms with Crippen LogP contribution in [0.5, 0.6) is 0 Å². The van der Waals surface area contributed by atoms with Gasteiger partial charge in [0.05, 0.1) is 12.0 Å². The second kappa shape index (κ2) is 5.98. The molecule has 2 fully saturated rings. The topological polar surface area (TPSA) is 75.2 Å². The molecule has 1 aliphatic carbocycles. The molecule has 124 valence electrons. The normalized spacial score (nSPS) is 23.5. The Morgan fingerprint density at radius 3 is 2.71 bits per heavy atom. The minimum Gasteiger partial charge on any atom is -0.338 e. The maximum absolute atomic E-state index is 12.7. The van der Waals surface area contributed by atoms with Gasteiger partial charge in [-0.25, -0.2) is 0 Å². The van der Waals surface area contributed by atoms with Crippen LogP contribution in [0.3, 0.4) is 0 Å². The van der Waals surface area contributed by atoms with E-state index in [-0.39, 0.29) is 24.3 Å². The van der Waals surface area contributed by atoms with E-state index >= 15 is 0 Å². The lowest BCUT2D eigenvalue weighted by atomic mass is 9.93. The van der Waals surface area contributed by atoms with Crippen molar-refractivity contribution in [1.29, 1.82) is 0 Å². The van der Waals surface area contributed by atoms with Gasteiger partial charge < -0.3 is 10.2 Å². The molecule has 4 rings (SSSR count). The van der Waals surface area contributed by atoms with Gasteiger partial charge in [-0.05, 0) is 18.4 Å². The Balaban J connectivity index is 1.53. The maximum Gasteiger partial charge on any atom is 0.232 e. The van der Waals surface area contributed by atoms with E-state index in [0.29, 0.717) is 11.0 Å². The van der Waals surface area contributed by atoms with Crippen LogP contribution in [0.1, 0.15) is 41.8 Å². The Hall–Kier alpha value is -2.28. The molecule has 2 aliphatic rings. The lowest BCUT2D eigenvalue weighted by Crippen LogP contribution is -2.29. The first kappa shape index (κ1) is 15.3. The molecule has 1 aromatic carbocycles. The zero-order valence-electron chi connectivity index (χ0n) is 13.3. The number of aromatic nitrogens is 2. The summed E-state index contributed by atoms with van der Waals surface area (Å²) in [6.45, 7) is 0. The van der Waals surface area contributed by atoms with Gasteiger partial charge in [-0.15, -0.1) is 10.2 Å². The average Bonchev–Trinajstić information content (AvgIpc) is 3.27. The summed E-state index contributed by atoms with van der Waals surface area (Å²) in [6, 6.07) is 9.44. The number of rotatable bonds is 4. The van der Waals surface area contributed by atoms with Gasteiger partial charge in [-0.1, -0.05) is 41.7 Å². The van der Waals surface area contributed by atoms with Crippen LogP contribution < -0.4 is 5.32 Å². The average molecular weight is 342 g/mol. The largest absolute Gasteiger partial charge is 0.338 e. The first-order valence-corrected chi connectivity index (χ1v) is 8.90. The van der Waals surface area contributed by atoms with Gasteiger partial charge in [0.25, 0.3) is 0 Å². The SMILES string of the molecule is CN1C(=O)CC(C(=O)Nc2nnc(C3CC3)s2)C1c1ccccc1. The Bertz CT molecular complexity index is 772. The fourth-order valence-corrected chi connectivity index (χ4v) is 4.10. The number of hydrogen-bond acceptors (Lipinski definition) is 5. The van der Waals surface area contributed by atoms with Crippen LogP contribution in [0.4, 0.5) is 5.13 Å². The molecule has 2 atom stereocenters. The third-order valence-corrected chi connectivity index (χ3v) is 5.66. The highest BCUT2D eigenvalue weighted by Crippen LogP contribution is 2.42. The number of amides is 2. The number of hydrogen-bond donors (Lipinski definition) is 1. The smallest absolute Gasteiger partial charge is 0.232 e. The number of anilines is 1. The summed E-state index contributed by atoms with van der Waals surface area (Å²) in [5.41, 5.74) is 0.974. The predicted molar refractivity (Wildman–Crippen MR) is 90.6 cm³/mol. The third kappa shape index (κ3) is 2.80. The minimum atomic E-state index is -0.418. The Morgan fingerprint density at radius 2 is 2.00 bits per heavy atom. The second-order valence-corrected chi connectivity index (χ2v) is 7.39. The molecule has 1 aliphatic heterocycles. The molecule has 2 heterocycles. The number of nitrogens with one attached hydrogen (secondary N) is 1. The molecule has 1 N–H and O–H groups in total. The summed E-state index contributed by atoms with van der Waals surface area (Å²) in [5, 5.41) is 12.6. The van der Waals surface area contributed by atoms with Crippen LogP contribution in [0.25, 0.3) is 0 Å². The first-order valence-electron chi connectivity index (χ1n) is 8.08. The van der Waals surface area contributed by atoms with Crippen LogP contribution in [-0.4, -0.2) is 34.0 Å². The van der Waals surface area contributed by atoms with Crippen molar-refractivity contribution in [3.05, 3.63) is 40.9 Å². The summed E-state index contributed by atoms with van der Waals surface area (Å²) >= 11 is 1.44. The Kier molecular flexibility index (Phi) is 3.80. The molecule has 1 aromatic heterocycles. The zero-order valence-corrected chi connectivity index (χ0v) is 14.1. The molecule has 0 radical (unpaired) electrons. The van der Waals surface area contributed by atoms with Crippen LogP contribution in [0.2, 0.25) is 0 Å². The monoisotopic (exact) mass is 342 g/mol. The molecule has 1 saturated carbocycles. The maximum atomic E-state index is 12.7. The molecule has 2 amide bonds. The number of likely N-dealkylation sites (tertiary alicyclic amines) is 1. The number of carbonyl (C=O) groups excluding carboxylic acids is 2. The number of benzene rings is 1. The molecular formula is C17H18N4O2S. The van der Waals surface area contributed by atoms with Crippen molar-refractivity contribution in [2.24, 2.45) is 5.92 Å². The number of nitrogens with zero attached hydrogens (tertiary/aromatic N) is 3. The van der Waals surface area contributed by atoms with Crippen LogP contribution in [0.15, 0.2) is 30.3 Å². The lowest BCUT2D eigenvalue weighted by molar-refractivity contribution is -0.127. The molecule has 24 heavy (non-hydrogen) atoms. The fraction of sp³-hybridized carbons (Fsp3) is 0.412. The van der Waals surface area contributed by atoms with Gasteiger partial charge in [0.2, 0.25) is 16.9 Å². The summed E-state index contributed by atoms with van der Waals surface area (Å²) in [7, 11) is 1.75. The molecule has 2 aromatic rings. The molecule has 2 unspecified atom stereocenters. The highest BCUT2D eigenvalue weighted by atomic mass is 32.1. The van der Waals surface area contributed by atoms with Crippen LogP contribution >= 0.6 is 11.3 Å². The van der Waals surface area contributed by atoms with E-state index in [2.05, 4.69) is 15.5 Å².